The molecule has 98 valence electrons. The molecule has 0 bridgehead atoms. The summed E-state index contributed by atoms with van der Waals surface area (Å²) in [5, 5.41) is 7.60. The molecule has 5 heteroatoms. The summed E-state index contributed by atoms with van der Waals surface area (Å²) in [4.78, 5) is 9.25. The van der Waals surface area contributed by atoms with Crippen LogP contribution in [0.25, 0.3) is 0 Å². The van der Waals surface area contributed by atoms with E-state index in [1.807, 2.05) is 0 Å². The van der Waals surface area contributed by atoms with Gasteiger partial charge in [0.2, 0.25) is 0 Å². The Morgan fingerprint density at radius 1 is 1.39 bits per heavy atom. The zero-order valence-electron chi connectivity index (χ0n) is 9.57. The molecular formula is C13H13F3O2. The minimum absolute atomic E-state index is 0.377. The maximum absolute atomic E-state index is 12.3. The number of halogens is 3. The van der Waals surface area contributed by atoms with E-state index in [0.29, 0.717) is 5.92 Å². The van der Waals surface area contributed by atoms with Crippen LogP contribution in [-0.2, 0) is 11.0 Å². The lowest BCUT2D eigenvalue weighted by Crippen LogP contribution is -2.04. The van der Waals surface area contributed by atoms with Gasteiger partial charge in [0.05, 0.1) is 5.56 Å². The van der Waals surface area contributed by atoms with E-state index in [1.54, 1.807) is 6.07 Å². The van der Waals surface area contributed by atoms with Crippen molar-refractivity contribution in [3.05, 3.63) is 48.0 Å². The lowest BCUT2D eigenvalue weighted by molar-refractivity contribution is -0.137. The molecule has 0 unspecified atom stereocenters. The van der Waals surface area contributed by atoms with Crippen molar-refractivity contribution in [3.8, 4) is 0 Å². The minimum Gasteiger partial charge on any atom is -0.478 e. The quantitative estimate of drug-likeness (QED) is 0.818. The van der Waals surface area contributed by atoms with E-state index in [2.05, 4.69) is 6.58 Å². The van der Waals surface area contributed by atoms with Gasteiger partial charge < -0.3 is 5.11 Å². The van der Waals surface area contributed by atoms with E-state index in [1.165, 1.54) is 12.1 Å². The fourth-order valence-electron chi connectivity index (χ4n) is 1.39. The minimum atomic E-state index is -4.20. The maximum atomic E-state index is 12.3. The van der Waals surface area contributed by atoms with Crippen molar-refractivity contribution in [1.29, 1.82) is 0 Å². The van der Waals surface area contributed by atoms with E-state index in [9.17, 15) is 18.0 Å². The molecule has 1 saturated carbocycles. The second kappa shape index (κ2) is 5.71. The van der Waals surface area contributed by atoms with Gasteiger partial charge in [0.15, 0.2) is 0 Å². The van der Waals surface area contributed by atoms with Crippen molar-refractivity contribution in [2.75, 3.05) is 0 Å². The van der Waals surface area contributed by atoms with Crippen molar-refractivity contribution in [2.24, 2.45) is 0 Å². The van der Waals surface area contributed by atoms with Crippen molar-refractivity contribution in [3.63, 3.8) is 0 Å². The molecule has 1 N–H and O–H groups in total. The number of benzene rings is 1. The van der Waals surface area contributed by atoms with Gasteiger partial charge in [-0.1, -0.05) is 24.8 Å². The fourth-order valence-corrected chi connectivity index (χ4v) is 1.39. The van der Waals surface area contributed by atoms with Crippen molar-refractivity contribution in [2.45, 2.75) is 24.9 Å². The first-order valence-corrected chi connectivity index (χ1v) is 5.37. The van der Waals surface area contributed by atoms with Crippen LogP contribution in [0, 0.1) is 0 Å². The second-order valence-corrected chi connectivity index (χ2v) is 3.94. The highest BCUT2D eigenvalue weighted by Crippen LogP contribution is 2.41. The standard InChI is InChI=1S/C10H9F3.C3H4O2/c11-10(12,13)9-3-1-2-8(6-9)7-4-5-7;1-2-3(4)5/h1-3,6-7H,4-5H2;2H,1H2,(H,4,5). The number of aliphatic carboxylic acids is 1. The SMILES string of the molecule is C=CC(=O)O.FC(F)(F)c1cccc(C2CC2)c1. The summed E-state index contributed by atoms with van der Waals surface area (Å²) in [5.41, 5.74) is 0.298. The number of carbonyl (C=O) groups is 1. The van der Waals surface area contributed by atoms with Crippen LogP contribution in [0.2, 0.25) is 0 Å². The van der Waals surface area contributed by atoms with E-state index in [0.717, 1.165) is 30.5 Å². The highest BCUT2D eigenvalue weighted by molar-refractivity contribution is 5.78. The zero-order chi connectivity index (χ0) is 13.8. The monoisotopic (exact) mass is 258 g/mol. The summed E-state index contributed by atoms with van der Waals surface area (Å²) in [7, 11) is 0. The smallest absolute Gasteiger partial charge is 0.416 e. The molecule has 1 aliphatic carbocycles. The molecule has 1 aromatic rings. The van der Waals surface area contributed by atoms with Gasteiger partial charge in [-0.2, -0.15) is 13.2 Å². The van der Waals surface area contributed by atoms with Crippen molar-refractivity contribution < 1.29 is 23.1 Å². The zero-order valence-corrected chi connectivity index (χ0v) is 9.57. The van der Waals surface area contributed by atoms with Crippen LogP contribution in [0.3, 0.4) is 0 Å². The van der Waals surface area contributed by atoms with Gasteiger partial charge in [0.1, 0.15) is 0 Å². The number of hydrogen-bond donors (Lipinski definition) is 1. The summed E-state index contributed by atoms with van der Waals surface area (Å²) in [6.45, 7) is 2.96. The molecule has 2 rings (SSSR count). The lowest BCUT2D eigenvalue weighted by atomic mass is 10.1. The van der Waals surface area contributed by atoms with Gasteiger partial charge in [-0.3, -0.25) is 0 Å². The number of alkyl halides is 3. The van der Waals surface area contributed by atoms with E-state index < -0.39 is 17.7 Å². The van der Waals surface area contributed by atoms with E-state index in [-0.39, 0.29) is 0 Å². The van der Waals surface area contributed by atoms with E-state index >= 15 is 0 Å². The Bertz CT molecular complexity index is 434. The maximum Gasteiger partial charge on any atom is 0.416 e. The Kier molecular flexibility index (Phi) is 4.53. The van der Waals surface area contributed by atoms with Gasteiger partial charge >= 0.3 is 12.1 Å². The summed E-state index contributed by atoms with van der Waals surface area (Å²) in [6.07, 6.45) is -1.31. The molecule has 0 spiro atoms. The third-order valence-corrected chi connectivity index (χ3v) is 2.44. The first-order valence-electron chi connectivity index (χ1n) is 5.37. The summed E-state index contributed by atoms with van der Waals surface area (Å²) < 4.78 is 36.8. The number of carboxylic acids is 1. The van der Waals surface area contributed by atoms with Crippen LogP contribution in [-0.4, -0.2) is 11.1 Å². The van der Waals surface area contributed by atoms with Crippen LogP contribution in [0.5, 0.6) is 0 Å². The Morgan fingerprint density at radius 3 is 2.33 bits per heavy atom. The fraction of sp³-hybridized carbons (Fsp3) is 0.308. The Balaban J connectivity index is 0.000000280. The van der Waals surface area contributed by atoms with Crippen LogP contribution in [0.1, 0.15) is 29.9 Å². The Morgan fingerprint density at radius 2 is 1.94 bits per heavy atom. The molecule has 1 aliphatic rings. The predicted molar refractivity (Wildman–Crippen MR) is 61.3 cm³/mol. The Labute approximate surface area is 103 Å². The molecule has 1 aromatic carbocycles. The Hall–Kier alpha value is -1.78. The normalized spacial score (nSPS) is 14.4. The third kappa shape index (κ3) is 4.61. The first kappa shape index (κ1) is 14.3. The molecule has 18 heavy (non-hydrogen) atoms. The van der Waals surface area contributed by atoms with Crippen LogP contribution < -0.4 is 0 Å². The predicted octanol–water partition coefficient (Wildman–Crippen LogP) is 3.84. The van der Waals surface area contributed by atoms with Gasteiger partial charge in [-0.05, 0) is 30.4 Å². The molecule has 0 aliphatic heterocycles. The molecule has 2 nitrogen and oxygen atoms in total. The molecule has 0 aromatic heterocycles. The topological polar surface area (TPSA) is 37.3 Å². The number of hydrogen-bond acceptors (Lipinski definition) is 1. The summed E-state index contributed by atoms with van der Waals surface area (Å²) in [5.74, 6) is -0.604. The van der Waals surface area contributed by atoms with Gasteiger partial charge in [0.25, 0.3) is 0 Å². The summed E-state index contributed by atoms with van der Waals surface area (Å²) in [6, 6.07) is 5.63. The average Bonchev–Trinajstić information content (AvgIpc) is 3.13. The molecule has 0 atom stereocenters. The van der Waals surface area contributed by atoms with Gasteiger partial charge in [-0.15, -0.1) is 0 Å². The van der Waals surface area contributed by atoms with Crippen molar-refractivity contribution in [1.82, 2.24) is 0 Å². The lowest BCUT2D eigenvalue weighted by Gasteiger charge is -2.07. The molecule has 0 amide bonds. The van der Waals surface area contributed by atoms with Gasteiger partial charge in [-0.25, -0.2) is 4.79 Å². The largest absolute Gasteiger partial charge is 0.478 e. The van der Waals surface area contributed by atoms with Crippen LogP contribution in [0.15, 0.2) is 36.9 Å². The van der Waals surface area contributed by atoms with Crippen LogP contribution in [0.4, 0.5) is 13.2 Å². The van der Waals surface area contributed by atoms with Crippen LogP contribution >= 0.6 is 0 Å². The third-order valence-electron chi connectivity index (χ3n) is 2.44. The molecule has 0 radical (unpaired) electrons. The number of carboxylic acid groups (broad SMARTS) is 1. The number of rotatable bonds is 2. The molecular weight excluding hydrogens is 245 g/mol. The van der Waals surface area contributed by atoms with Crippen molar-refractivity contribution >= 4 is 5.97 Å². The highest BCUT2D eigenvalue weighted by atomic mass is 19.4. The van der Waals surface area contributed by atoms with E-state index in [4.69, 9.17) is 5.11 Å². The highest BCUT2D eigenvalue weighted by Gasteiger charge is 2.32. The molecule has 1 fully saturated rings. The average molecular weight is 258 g/mol. The van der Waals surface area contributed by atoms with Gasteiger partial charge in [0, 0.05) is 6.08 Å². The molecule has 0 saturated heterocycles. The first-order chi connectivity index (χ1) is 8.34. The second-order valence-electron chi connectivity index (χ2n) is 3.94. The summed E-state index contributed by atoms with van der Waals surface area (Å²) >= 11 is 0. The molecule has 0 heterocycles.